The van der Waals surface area contributed by atoms with E-state index in [0.717, 1.165) is 18.2 Å². The van der Waals surface area contributed by atoms with E-state index in [2.05, 4.69) is 10.1 Å². The zero-order valence-corrected chi connectivity index (χ0v) is 18.9. The van der Waals surface area contributed by atoms with Crippen molar-refractivity contribution in [2.24, 2.45) is 0 Å². The molecule has 13 heteroatoms. The second-order valence-corrected chi connectivity index (χ2v) is 8.33. The number of nitrogens with zero attached hydrogens (tertiary/aromatic N) is 6. The highest BCUT2D eigenvalue weighted by Crippen LogP contribution is 2.38. The molecule has 2 aromatic heterocycles. The number of hydrogen-bond acceptors (Lipinski definition) is 9. The fraction of sp³-hybridized carbons (Fsp3) is 0.167. The van der Waals surface area contributed by atoms with Crippen LogP contribution in [-0.4, -0.2) is 38.1 Å². The number of aromatic nitrogens is 3. The van der Waals surface area contributed by atoms with Gasteiger partial charge in [-0.25, -0.2) is 23.1 Å². The Kier molecular flexibility index (Phi) is 5.84. The van der Waals surface area contributed by atoms with Crippen LogP contribution in [0, 0.1) is 33.1 Å². The van der Waals surface area contributed by atoms with Crippen LogP contribution in [-0.2, 0) is 4.74 Å². The lowest BCUT2D eigenvalue weighted by Crippen LogP contribution is -2.27. The third kappa shape index (κ3) is 4.36. The van der Waals surface area contributed by atoms with Crippen LogP contribution in [0.15, 0.2) is 54.7 Å². The first-order valence-corrected chi connectivity index (χ1v) is 11.0. The van der Waals surface area contributed by atoms with Crippen LogP contribution in [0.2, 0.25) is 0 Å². The third-order valence-corrected chi connectivity index (χ3v) is 6.07. The second kappa shape index (κ2) is 9.15. The normalized spacial score (nSPS) is 17.1. The van der Waals surface area contributed by atoms with Gasteiger partial charge in [0.05, 0.1) is 23.1 Å². The number of anilines is 2. The van der Waals surface area contributed by atoms with Crippen molar-refractivity contribution in [3.63, 3.8) is 0 Å². The molecule has 2 atom stereocenters. The Morgan fingerprint density at radius 3 is 2.68 bits per heavy atom. The molecular formula is C24H17F2N7O4. The van der Waals surface area contributed by atoms with E-state index in [1.165, 1.54) is 35.0 Å². The van der Waals surface area contributed by atoms with E-state index in [9.17, 15) is 29.0 Å². The van der Waals surface area contributed by atoms with Crippen molar-refractivity contribution in [3.8, 4) is 6.07 Å². The predicted octanol–water partition coefficient (Wildman–Crippen LogP) is 3.55. The van der Waals surface area contributed by atoms with E-state index in [1.54, 1.807) is 11.0 Å². The number of fused-ring (bicyclic) bond motifs is 1. The first-order chi connectivity index (χ1) is 17.7. The summed E-state index contributed by atoms with van der Waals surface area (Å²) >= 11 is 0. The van der Waals surface area contributed by atoms with Crippen molar-refractivity contribution >= 4 is 28.9 Å². The quantitative estimate of drug-likeness (QED) is 0.244. The van der Waals surface area contributed by atoms with Crippen molar-refractivity contribution in [2.75, 3.05) is 17.2 Å². The highest BCUT2D eigenvalue weighted by molar-refractivity contribution is 5.89. The highest BCUT2D eigenvalue weighted by atomic mass is 19.1. The summed E-state index contributed by atoms with van der Waals surface area (Å²) in [6, 6.07) is 10.8. The molecule has 0 aliphatic carbocycles. The lowest BCUT2D eigenvalue weighted by Gasteiger charge is -2.26. The molecule has 1 fully saturated rings. The second-order valence-electron chi connectivity index (χ2n) is 8.33. The lowest BCUT2D eigenvalue weighted by atomic mass is 10.0. The molecule has 0 bridgehead atoms. The summed E-state index contributed by atoms with van der Waals surface area (Å²) in [6.07, 6.45) is 0.890. The number of non-ortho nitro benzene ring substituents is 1. The molecule has 2 N–H and O–H groups in total. The Hall–Kier alpha value is -5.12. The molecule has 0 amide bonds. The van der Waals surface area contributed by atoms with Gasteiger partial charge >= 0.3 is 5.97 Å². The average molecular weight is 505 g/mol. The smallest absolute Gasteiger partial charge is 0.338 e. The predicted molar refractivity (Wildman–Crippen MR) is 125 cm³/mol. The number of nitrogen functional groups attached to an aromatic ring is 1. The molecule has 1 saturated heterocycles. The number of nitro groups is 1. The number of hydrogen-bond donors (Lipinski definition) is 1. The standard InChI is InChI=1S/C24H17F2N7O4/c25-14-3-6-19(26)17(9-14)20-10-16(37-24(34)13-1-4-15(5-2-13)33(35)36)12-31(20)21-7-8-32-23(29-21)18(11-27)22(28)30-32/h1-9,16,20H,10,12H2,(H2,28,30)/t16-,20+/m0/s1. The van der Waals surface area contributed by atoms with Gasteiger partial charge in [0.15, 0.2) is 11.5 Å². The molecule has 0 spiro atoms. The van der Waals surface area contributed by atoms with Crippen molar-refractivity contribution in [2.45, 2.75) is 18.6 Å². The monoisotopic (exact) mass is 505 g/mol. The highest BCUT2D eigenvalue weighted by Gasteiger charge is 2.38. The van der Waals surface area contributed by atoms with Gasteiger partial charge in [0.25, 0.3) is 5.69 Å². The zero-order chi connectivity index (χ0) is 26.3. The Labute approximate surface area is 207 Å². The first kappa shape index (κ1) is 23.6. The molecule has 1 aliphatic heterocycles. The summed E-state index contributed by atoms with van der Waals surface area (Å²) in [6.45, 7) is 0.0774. The Bertz CT molecular complexity index is 1580. The summed E-state index contributed by atoms with van der Waals surface area (Å²) in [7, 11) is 0. The van der Waals surface area contributed by atoms with Crippen LogP contribution >= 0.6 is 0 Å². The Balaban J connectivity index is 1.48. The number of esters is 1. The van der Waals surface area contributed by atoms with E-state index in [-0.39, 0.29) is 46.8 Å². The number of nitrogens with two attached hydrogens (primary N) is 1. The molecule has 2 aromatic carbocycles. The molecule has 186 valence electrons. The summed E-state index contributed by atoms with van der Waals surface area (Å²) < 4.78 is 35.8. The van der Waals surface area contributed by atoms with Crippen molar-refractivity contribution < 1.29 is 23.2 Å². The van der Waals surface area contributed by atoms with Gasteiger partial charge < -0.3 is 15.4 Å². The summed E-state index contributed by atoms with van der Waals surface area (Å²) in [4.78, 5) is 29.1. The van der Waals surface area contributed by atoms with Gasteiger partial charge in [-0.15, -0.1) is 5.10 Å². The number of ether oxygens (including phenoxy) is 1. The maximum Gasteiger partial charge on any atom is 0.338 e. The minimum atomic E-state index is -0.758. The van der Waals surface area contributed by atoms with Gasteiger partial charge in [0.1, 0.15) is 35.2 Å². The summed E-state index contributed by atoms with van der Waals surface area (Å²) in [5, 5.41) is 24.3. The molecule has 11 nitrogen and oxygen atoms in total. The van der Waals surface area contributed by atoms with E-state index >= 15 is 0 Å². The molecule has 0 unspecified atom stereocenters. The SMILES string of the molecule is N#Cc1c(N)nn2ccc(N3C[C@@H](OC(=O)c4ccc([N+](=O)[O-])cc4)C[C@@H]3c3cc(F)ccc3F)nc12. The number of carbonyl (C=O) groups is 1. The molecule has 0 saturated carbocycles. The number of rotatable bonds is 5. The molecular weight excluding hydrogens is 488 g/mol. The molecule has 1 aliphatic rings. The summed E-state index contributed by atoms with van der Waals surface area (Å²) in [5.41, 5.74) is 6.01. The van der Waals surface area contributed by atoms with Crippen LogP contribution in [0.4, 0.5) is 26.1 Å². The third-order valence-electron chi connectivity index (χ3n) is 6.07. The van der Waals surface area contributed by atoms with Gasteiger partial charge in [0.2, 0.25) is 0 Å². The molecule has 0 radical (unpaired) electrons. The first-order valence-electron chi connectivity index (χ1n) is 11.0. The number of benzene rings is 2. The molecule has 3 heterocycles. The number of nitriles is 1. The van der Waals surface area contributed by atoms with Gasteiger partial charge in [-0.3, -0.25) is 10.1 Å². The van der Waals surface area contributed by atoms with E-state index in [4.69, 9.17) is 10.5 Å². The minimum absolute atomic E-state index is 0.00352. The van der Waals surface area contributed by atoms with Crippen LogP contribution < -0.4 is 10.6 Å². The Morgan fingerprint density at radius 1 is 1.22 bits per heavy atom. The van der Waals surface area contributed by atoms with Gasteiger partial charge in [-0.2, -0.15) is 5.26 Å². The van der Waals surface area contributed by atoms with Crippen LogP contribution in [0.5, 0.6) is 0 Å². The van der Waals surface area contributed by atoms with Crippen molar-refractivity contribution in [1.82, 2.24) is 14.6 Å². The maximum atomic E-state index is 14.8. The summed E-state index contributed by atoms with van der Waals surface area (Å²) in [5.74, 6) is -1.70. The fourth-order valence-corrected chi connectivity index (χ4v) is 4.34. The van der Waals surface area contributed by atoms with Crippen molar-refractivity contribution in [1.29, 1.82) is 5.26 Å². The van der Waals surface area contributed by atoms with Gasteiger partial charge in [-0.1, -0.05) is 0 Å². The van der Waals surface area contributed by atoms with Crippen LogP contribution in [0.25, 0.3) is 5.65 Å². The van der Waals surface area contributed by atoms with E-state index in [1.807, 2.05) is 6.07 Å². The average Bonchev–Trinajstić information content (AvgIpc) is 3.44. The Morgan fingerprint density at radius 2 is 1.97 bits per heavy atom. The van der Waals surface area contributed by atoms with Crippen LogP contribution in [0.1, 0.15) is 33.9 Å². The molecule has 4 aromatic rings. The number of carbonyl (C=O) groups excluding carboxylic acids is 1. The maximum absolute atomic E-state index is 14.8. The van der Waals surface area contributed by atoms with E-state index in [0.29, 0.717) is 5.82 Å². The molecule has 5 rings (SSSR count). The van der Waals surface area contributed by atoms with Crippen LogP contribution in [0.3, 0.4) is 0 Å². The zero-order valence-electron chi connectivity index (χ0n) is 18.9. The number of halogens is 2. The topological polar surface area (TPSA) is 153 Å². The largest absolute Gasteiger partial charge is 0.457 e. The van der Waals surface area contributed by atoms with Gasteiger partial charge in [-0.05, 0) is 36.4 Å². The molecule has 37 heavy (non-hydrogen) atoms. The van der Waals surface area contributed by atoms with E-state index < -0.39 is 34.7 Å². The van der Waals surface area contributed by atoms with Gasteiger partial charge in [0, 0.05) is 30.3 Å². The van der Waals surface area contributed by atoms with Crippen molar-refractivity contribution in [3.05, 3.63) is 93.2 Å². The minimum Gasteiger partial charge on any atom is -0.457 e. The number of nitro benzene ring substituents is 1. The fourth-order valence-electron chi connectivity index (χ4n) is 4.34. The lowest BCUT2D eigenvalue weighted by molar-refractivity contribution is -0.384.